The summed E-state index contributed by atoms with van der Waals surface area (Å²) in [6.45, 7) is 2.26. The minimum atomic E-state index is -0.381. The number of ether oxygens (including phenoxy) is 2. The Morgan fingerprint density at radius 1 is 1.17 bits per heavy atom. The molecule has 8 heteroatoms. The standard InChI is InChI=1S/C22H23N3O4S/c1-2-28-22(27)19-16-10-6-7-11-18(16)30-21(19)23-20(26)17-12-13-25(24-17)14-29-15-8-4-3-5-9-15/h3-5,8-9,12-13H,2,6-7,10-11,14H2,1H3,(H,23,26). The highest BCUT2D eigenvalue weighted by Gasteiger charge is 2.27. The van der Waals surface area contributed by atoms with Crippen molar-refractivity contribution >= 4 is 28.2 Å². The topological polar surface area (TPSA) is 82.5 Å². The maximum Gasteiger partial charge on any atom is 0.341 e. The molecule has 0 bridgehead atoms. The summed E-state index contributed by atoms with van der Waals surface area (Å²) >= 11 is 1.46. The van der Waals surface area contributed by atoms with Gasteiger partial charge in [-0.2, -0.15) is 5.10 Å². The number of anilines is 1. The van der Waals surface area contributed by atoms with Crippen LogP contribution in [0.1, 0.15) is 51.1 Å². The van der Waals surface area contributed by atoms with Crippen LogP contribution in [-0.2, 0) is 24.3 Å². The van der Waals surface area contributed by atoms with Gasteiger partial charge in [0.25, 0.3) is 5.91 Å². The van der Waals surface area contributed by atoms with Gasteiger partial charge in [0.2, 0.25) is 0 Å². The van der Waals surface area contributed by atoms with Crippen LogP contribution in [0.3, 0.4) is 0 Å². The number of hydrogen-bond donors (Lipinski definition) is 1. The third-order valence-electron chi connectivity index (χ3n) is 4.86. The average Bonchev–Trinajstić information content (AvgIpc) is 3.37. The van der Waals surface area contributed by atoms with Gasteiger partial charge in [-0.15, -0.1) is 11.3 Å². The van der Waals surface area contributed by atoms with E-state index in [2.05, 4.69) is 10.4 Å². The van der Waals surface area contributed by atoms with Gasteiger partial charge in [-0.25, -0.2) is 9.48 Å². The highest BCUT2D eigenvalue weighted by Crippen LogP contribution is 2.38. The molecule has 30 heavy (non-hydrogen) atoms. The van der Waals surface area contributed by atoms with Crippen molar-refractivity contribution in [2.75, 3.05) is 11.9 Å². The first-order valence-electron chi connectivity index (χ1n) is 10.00. The van der Waals surface area contributed by atoms with Crippen molar-refractivity contribution in [3.63, 3.8) is 0 Å². The summed E-state index contributed by atoms with van der Waals surface area (Å²) in [5, 5.41) is 7.70. The summed E-state index contributed by atoms with van der Waals surface area (Å²) in [5.74, 6) is -0.0196. The fourth-order valence-electron chi connectivity index (χ4n) is 3.45. The zero-order chi connectivity index (χ0) is 20.9. The molecule has 0 radical (unpaired) electrons. The molecule has 1 aliphatic carbocycles. The van der Waals surface area contributed by atoms with Gasteiger partial charge in [-0.3, -0.25) is 4.79 Å². The Morgan fingerprint density at radius 3 is 2.77 bits per heavy atom. The van der Waals surface area contributed by atoms with E-state index in [1.54, 1.807) is 23.9 Å². The number of amides is 1. The fraction of sp³-hybridized carbons (Fsp3) is 0.318. The number of carbonyl (C=O) groups excluding carboxylic acids is 2. The molecule has 1 aliphatic rings. The van der Waals surface area contributed by atoms with Crippen molar-refractivity contribution in [3.05, 3.63) is 64.3 Å². The molecular weight excluding hydrogens is 402 g/mol. The molecule has 1 amide bonds. The lowest BCUT2D eigenvalue weighted by molar-refractivity contribution is 0.0526. The van der Waals surface area contributed by atoms with Crippen LogP contribution in [0.4, 0.5) is 5.00 Å². The van der Waals surface area contributed by atoms with Crippen molar-refractivity contribution in [2.45, 2.75) is 39.3 Å². The van der Waals surface area contributed by atoms with Crippen LogP contribution in [0, 0.1) is 0 Å². The number of para-hydroxylation sites is 1. The average molecular weight is 426 g/mol. The molecule has 0 fully saturated rings. The Morgan fingerprint density at radius 2 is 1.97 bits per heavy atom. The number of aromatic nitrogens is 2. The summed E-state index contributed by atoms with van der Waals surface area (Å²) in [5.41, 5.74) is 1.77. The minimum Gasteiger partial charge on any atom is -0.471 e. The second-order valence-corrected chi connectivity index (χ2v) is 8.02. The van der Waals surface area contributed by atoms with Crippen molar-refractivity contribution in [1.82, 2.24) is 9.78 Å². The normalized spacial score (nSPS) is 12.8. The summed E-state index contributed by atoms with van der Waals surface area (Å²) in [6.07, 6.45) is 5.57. The van der Waals surface area contributed by atoms with Crippen LogP contribution in [0.2, 0.25) is 0 Å². The minimum absolute atomic E-state index is 0.193. The van der Waals surface area contributed by atoms with E-state index in [0.29, 0.717) is 17.2 Å². The molecule has 0 saturated carbocycles. The first kappa shape index (κ1) is 20.2. The van der Waals surface area contributed by atoms with E-state index in [0.717, 1.165) is 41.9 Å². The van der Waals surface area contributed by atoms with Gasteiger partial charge in [0.15, 0.2) is 12.4 Å². The first-order valence-corrected chi connectivity index (χ1v) is 10.8. The molecule has 0 saturated heterocycles. The number of esters is 1. The smallest absolute Gasteiger partial charge is 0.341 e. The van der Waals surface area contributed by atoms with Gasteiger partial charge < -0.3 is 14.8 Å². The number of benzene rings is 1. The zero-order valence-corrected chi connectivity index (χ0v) is 17.5. The van der Waals surface area contributed by atoms with E-state index in [4.69, 9.17) is 9.47 Å². The van der Waals surface area contributed by atoms with Gasteiger partial charge >= 0.3 is 5.97 Å². The Balaban J connectivity index is 1.48. The Bertz CT molecular complexity index is 1040. The van der Waals surface area contributed by atoms with Gasteiger partial charge in [-0.05, 0) is 56.4 Å². The van der Waals surface area contributed by atoms with Crippen molar-refractivity contribution in [2.24, 2.45) is 0 Å². The highest BCUT2D eigenvalue weighted by atomic mass is 32.1. The number of aryl methyl sites for hydroxylation is 1. The molecule has 0 spiro atoms. The quantitative estimate of drug-likeness (QED) is 0.571. The van der Waals surface area contributed by atoms with Gasteiger partial charge in [0.1, 0.15) is 10.8 Å². The van der Waals surface area contributed by atoms with E-state index in [1.165, 1.54) is 11.3 Å². The monoisotopic (exact) mass is 425 g/mol. The maximum absolute atomic E-state index is 12.8. The number of rotatable bonds is 7. The Labute approximate surface area is 178 Å². The van der Waals surface area contributed by atoms with Crippen LogP contribution < -0.4 is 10.1 Å². The molecule has 1 N–H and O–H groups in total. The third kappa shape index (κ3) is 4.38. The Kier molecular flexibility index (Phi) is 6.13. The van der Waals surface area contributed by atoms with Crippen molar-refractivity contribution in [1.29, 1.82) is 0 Å². The van der Waals surface area contributed by atoms with E-state index in [9.17, 15) is 9.59 Å². The molecule has 1 aromatic carbocycles. The first-order chi connectivity index (χ1) is 14.7. The molecule has 156 valence electrons. The van der Waals surface area contributed by atoms with Gasteiger partial charge in [0, 0.05) is 11.1 Å². The van der Waals surface area contributed by atoms with Crippen LogP contribution >= 0.6 is 11.3 Å². The maximum atomic E-state index is 12.8. The molecule has 0 atom stereocenters. The van der Waals surface area contributed by atoms with Gasteiger partial charge in [-0.1, -0.05) is 18.2 Å². The number of nitrogens with zero attached hydrogens (tertiary/aromatic N) is 2. The van der Waals surface area contributed by atoms with Crippen LogP contribution in [0.15, 0.2) is 42.6 Å². The van der Waals surface area contributed by atoms with E-state index < -0.39 is 0 Å². The summed E-state index contributed by atoms with van der Waals surface area (Å²) in [4.78, 5) is 26.5. The molecule has 2 aromatic heterocycles. The lowest BCUT2D eigenvalue weighted by atomic mass is 9.95. The number of nitrogens with one attached hydrogen (secondary N) is 1. The van der Waals surface area contributed by atoms with E-state index in [1.807, 2.05) is 30.3 Å². The highest BCUT2D eigenvalue weighted by molar-refractivity contribution is 7.17. The predicted octanol–water partition coefficient (Wildman–Crippen LogP) is 4.29. The number of fused-ring (bicyclic) bond motifs is 1. The molecule has 7 nitrogen and oxygen atoms in total. The molecule has 0 aliphatic heterocycles. The van der Waals surface area contributed by atoms with Crippen molar-refractivity contribution in [3.8, 4) is 5.75 Å². The Hall–Kier alpha value is -3.13. The lowest BCUT2D eigenvalue weighted by Crippen LogP contribution is -2.17. The predicted molar refractivity (Wildman–Crippen MR) is 114 cm³/mol. The number of hydrogen-bond acceptors (Lipinski definition) is 6. The molecule has 3 aromatic rings. The molecule has 0 unspecified atom stereocenters. The molecular formula is C22H23N3O4S. The van der Waals surface area contributed by atoms with E-state index >= 15 is 0 Å². The molecule has 4 rings (SSSR count). The van der Waals surface area contributed by atoms with Crippen LogP contribution in [0.5, 0.6) is 5.75 Å². The van der Waals surface area contributed by atoms with Crippen LogP contribution in [-0.4, -0.2) is 28.3 Å². The summed E-state index contributed by atoms with van der Waals surface area (Å²) in [6, 6.07) is 11.0. The third-order valence-corrected chi connectivity index (χ3v) is 6.07. The van der Waals surface area contributed by atoms with Crippen LogP contribution in [0.25, 0.3) is 0 Å². The number of thiophene rings is 1. The summed E-state index contributed by atoms with van der Waals surface area (Å²) < 4.78 is 12.4. The fourth-order valence-corrected chi connectivity index (χ4v) is 4.72. The molecule has 2 heterocycles. The second kappa shape index (κ2) is 9.13. The van der Waals surface area contributed by atoms with Gasteiger partial charge in [0.05, 0.1) is 12.2 Å². The lowest BCUT2D eigenvalue weighted by Gasteiger charge is -2.12. The zero-order valence-electron chi connectivity index (χ0n) is 16.7. The summed E-state index contributed by atoms with van der Waals surface area (Å²) in [7, 11) is 0. The number of carbonyl (C=O) groups is 2. The van der Waals surface area contributed by atoms with Crippen molar-refractivity contribution < 1.29 is 19.1 Å². The van der Waals surface area contributed by atoms with E-state index in [-0.39, 0.29) is 24.3 Å². The second-order valence-electron chi connectivity index (χ2n) is 6.92. The largest absolute Gasteiger partial charge is 0.471 e. The SMILES string of the molecule is CCOC(=O)c1c(NC(=O)c2ccn(COc3ccccc3)n2)sc2c1CCCC2.